The zero-order valence-corrected chi connectivity index (χ0v) is 14.9. The van der Waals surface area contributed by atoms with Gasteiger partial charge < -0.3 is 14.1 Å². The van der Waals surface area contributed by atoms with Crippen LogP contribution in [0.4, 0.5) is 0 Å². The van der Waals surface area contributed by atoms with Crippen LogP contribution in [-0.4, -0.2) is 84.4 Å². The summed E-state index contributed by atoms with van der Waals surface area (Å²) in [5, 5.41) is 0. The van der Waals surface area contributed by atoms with Crippen molar-refractivity contribution in [1.29, 1.82) is 0 Å². The van der Waals surface area contributed by atoms with Gasteiger partial charge >= 0.3 is 0 Å². The van der Waals surface area contributed by atoms with Crippen LogP contribution in [0.3, 0.4) is 0 Å². The SMILES string of the molecule is CCOC.CCSC.CN(C)C.C[N+](C)(C)C. The summed E-state index contributed by atoms with van der Waals surface area (Å²) in [7, 11) is 16.2. The molecule has 0 aromatic heterocycles. The van der Waals surface area contributed by atoms with Crippen molar-refractivity contribution in [1.82, 2.24) is 4.90 Å². The normalized spacial score (nSPS) is 9.18. The van der Waals surface area contributed by atoms with Crippen molar-refractivity contribution in [2.75, 3.05) is 75.1 Å². The number of rotatable bonds is 2. The van der Waals surface area contributed by atoms with E-state index in [9.17, 15) is 0 Å². The van der Waals surface area contributed by atoms with Crippen LogP contribution in [0.1, 0.15) is 13.8 Å². The third-order valence-corrected chi connectivity index (χ3v) is 1.15. The van der Waals surface area contributed by atoms with Gasteiger partial charge in [0.1, 0.15) is 0 Å². The highest BCUT2D eigenvalue weighted by atomic mass is 32.2. The Hall–Kier alpha value is 0.230. The molecule has 0 aliphatic heterocycles. The lowest BCUT2D eigenvalue weighted by atomic mass is 10.8. The first-order valence-corrected chi connectivity index (χ1v) is 7.33. The fourth-order valence-electron chi connectivity index (χ4n) is 0. The molecule has 0 spiro atoms. The molecular formula is C13H37N2OS+. The molecule has 0 rings (SSSR count). The molecule has 110 valence electrons. The van der Waals surface area contributed by atoms with E-state index < -0.39 is 0 Å². The molecule has 17 heavy (non-hydrogen) atoms. The van der Waals surface area contributed by atoms with Gasteiger partial charge in [0.05, 0.1) is 28.2 Å². The number of methoxy groups -OCH3 is 1. The summed E-state index contributed by atoms with van der Waals surface area (Å²) in [6.45, 7) is 4.92. The highest BCUT2D eigenvalue weighted by Crippen LogP contribution is 1.83. The van der Waals surface area contributed by atoms with Crippen LogP contribution < -0.4 is 0 Å². The van der Waals surface area contributed by atoms with E-state index in [0.29, 0.717) is 0 Å². The van der Waals surface area contributed by atoms with Crippen LogP contribution in [-0.2, 0) is 4.74 Å². The Balaban J connectivity index is -0.0000000667. The molecule has 3 nitrogen and oxygen atoms in total. The summed E-state index contributed by atoms with van der Waals surface area (Å²) in [6.07, 6.45) is 2.10. The predicted octanol–water partition coefficient (Wildman–Crippen LogP) is 2.52. The lowest BCUT2D eigenvalue weighted by Gasteiger charge is -2.14. The fraction of sp³-hybridized carbons (Fsp3) is 1.00. The number of ether oxygens (including phenoxy) is 1. The van der Waals surface area contributed by atoms with Crippen LogP contribution in [0.25, 0.3) is 0 Å². The first-order chi connectivity index (χ1) is 7.56. The number of nitrogens with zero attached hydrogens (tertiary/aromatic N) is 2. The smallest absolute Gasteiger partial charge is 0.0675 e. The van der Waals surface area contributed by atoms with Gasteiger partial charge in [-0.2, -0.15) is 11.8 Å². The van der Waals surface area contributed by atoms with Gasteiger partial charge in [-0.1, -0.05) is 6.92 Å². The Labute approximate surface area is 115 Å². The van der Waals surface area contributed by atoms with E-state index in [2.05, 4.69) is 46.1 Å². The maximum Gasteiger partial charge on any atom is 0.0675 e. The van der Waals surface area contributed by atoms with Gasteiger partial charge in [-0.15, -0.1) is 0 Å². The molecule has 0 amide bonds. The second kappa shape index (κ2) is 21.5. The third-order valence-electron chi connectivity index (χ3n) is 0.577. The van der Waals surface area contributed by atoms with E-state index in [0.717, 1.165) is 11.1 Å². The number of hydrogen-bond acceptors (Lipinski definition) is 3. The van der Waals surface area contributed by atoms with Crippen molar-refractivity contribution >= 4 is 11.8 Å². The van der Waals surface area contributed by atoms with Gasteiger partial charge in [0.25, 0.3) is 0 Å². The highest BCUT2D eigenvalue weighted by molar-refractivity contribution is 7.98. The Morgan fingerprint density at radius 1 is 1.00 bits per heavy atom. The second-order valence-corrected chi connectivity index (χ2v) is 6.33. The van der Waals surface area contributed by atoms with E-state index in [1.54, 1.807) is 7.11 Å². The molecule has 0 radical (unpaired) electrons. The molecule has 0 aromatic rings. The van der Waals surface area contributed by atoms with Crippen molar-refractivity contribution in [2.45, 2.75) is 13.8 Å². The van der Waals surface area contributed by atoms with Gasteiger partial charge in [0.2, 0.25) is 0 Å². The Bertz CT molecular complexity index is 87.3. The number of quaternary nitrogens is 1. The van der Waals surface area contributed by atoms with Gasteiger partial charge in [-0.3, -0.25) is 0 Å². The first-order valence-electron chi connectivity index (χ1n) is 5.94. The Kier molecular flexibility index (Phi) is 32.8. The molecule has 0 aliphatic rings. The summed E-state index contributed by atoms with van der Waals surface area (Å²) < 4.78 is 5.54. The zero-order chi connectivity index (χ0) is 14.9. The lowest BCUT2D eigenvalue weighted by Crippen LogP contribution is -2.27. The molecule has 0 aromatic carbocycles. The van der Waals surface area contributed by atoms with E-state index in [-0.39, 0.29) is 0 Å². The largest absolute Gasteiger partial charge is 0.385 e. The molecule has 0 saturated carbocycles. The summed E-state index contributed by atoms with van der Waals surface area (Å²) in [4.78, 5) is 2.00. The summed E-state index contributed by atoms with van der Waals surface area (Å²) in [5.41, 5.74) is 0. The lowest BCUT2D eigenvalue weighted by molar-refractivity contribution is -0.849. The third kappa shape index (κ3) is 661. The van der Waals surface area contributed by atoms with Gasteiger partial charge in [0.15, 0.2) is 0 Å². The van der Waals surface area contributed by atoms with Crippen LogP contribution in [0.5, 0.6) is 0 Å². The molecule has 0 aliphatic carbocycles. The summed E-state index contributed by atoms with van der Waals surface area (Å²) in [6, 6.07) is 0. The number of hydrogen-bond donors (Lipinski definition) is 0. The molecule has 0 unspecified atom stereocenters. The average Bonchev–Trinajstić information content (AvgIpc) is 2.14. The first kappa shape index (κ1) is 25.9. The van der Waals surface area contributed by atoms with Crippen LogP contribution in [0.15, 0.2) is 0 Å². The quantitative estimate of drug-likeness (QED) is 0.715. The van der Waals surface area contributed by atoms with E-state index in [4.69, 9.17) is 0 Å². The zero-order valence-electron chi connectivity index (χ0n) is 14.1. The standard InChI is InChI=1S/C4H12N.C3H9N.C3H8O.C3H8S/c1-5(2,3)4;1-4(2)3;2*1-3-4-2/h1-4H3;1-3H3;2*3H2,1-2H3/q+1;;;. The van der Waals surface area contributed by atoms with Gasteiger partial charge in [-0.25, -0.2) is 0 Å². The molecule has 0 atom stereocenters. The minimum atomic E-state index is 0.819. The Morgan fingerprint density at radius 3 is 1.12 bits per heavy atom. The molecule has 0 saturated heterocycles. The average molecular weight is 270 g/mol. The van der Waals surface area contributed by atoms with Crippen LogP contribution in [0, 0.1) is 0 Å². The van der Waals surface area contributed by atoms with E-state index in [1.165, 1.54) is 5.75 Å². The van der Waals surface area contributed by atoms with Crippen molar-refractivity contribution in [2.24, 2.45) is 0 Å². The fourth-order valence-corrected chi connectivity index (χ4v) is 0. The maximum atomic E-state index is 4.54. The van der Waals surface area contributed by atoms with Crippen molar-refractivity contribution in [3.8, 4) is 0 Å². The summed E-state index contributed by atoms with van der Waals surface area (Å²) in [5.74, 6) is 1.24. The van der Waals surface area contributed by atoms with Crippen molar-refractivity contribution in [3.63, 3.8) is 0 Å². The maximum absolute atomic E-state index is 4.54. The molecule has 0 fully saturated rings. The molecule has 4 heteroatoms. The monoisotopic (exact) mass is 269 g/mol. The molecule has 0 bridgehead atoms. The van der Waals surface area contributed by atoms with Crippen LogP contribution in [0.2, 0.25) is 0 Å². The minimum Gasteiger partial charge on any atom is -0.385 e. The molecule has 0 N–H and O–H groups in total. The second-order valence-electron chi connectivity index (χ2n) is 5.18. The topological polar surface area (TPSA) is 12.5 Å². The Morgan fingerprint density at radius 2 is 1.12 bits per heavy atom. The highest BCUT2D eigenvalue weighted by Gasteiger charge is 1.88. The van der Waals surface area contributed by atoms with Crippen LogP contribution >= 0.6 is 11.8 Å². The van der Waals surface area contributed by atoms with Crippen molar-refractivity contribution in [3.05, 3.63) is 0 Å². The predicted molar refractivity (Wildman–Crippen MR) is 85.2 cm³/mol. The van der Waals surface area contributed by atoms with Crippen molar-refractivity contribution < 1.29 is 9.22 Å². The van der Waals surface area contributed by atoms with Gasteiger partial charge in [-0.05, 0) is 40.1 Å². The van der Waals surface area contributed by atoms with E-state index in [1.807, 2.05) is 44.7 Å². The minimum absolute atomic E-state index is 0.819. The summed E-state index contributed by atoms with van der Waals surface area (Å²) >= 11 is 1.86. The molecular weight excluding hydrogens is 232 g/mol. The van der Waals surface area contributed by atoms with E-state index >= 15 is 0 Å². The van der Waals surface area contributed by atoms with Gasteiger partial charge in [0, 0.05) is 13.7 Å². The molecule has 0 heterocycles. The number of thioether (sulfide) groups is 1.